The molecule has 0 radical (unpaired) electrons. The molecule has 2 heteroatoms. The van der Waals surface area contributed by atoms with Crippen molar-refractivity contribution in [2.45, 2.75) is 13.3 Å². The van der Waals surface area contributed by atoms with Crippen molar-refractivity contribution in [1.82, 2.24) is 5.32 Å². The predicted octanol–water partition coefficient (Wildman–Crippen LogP) is 2.51. The second-order valence-electron chi connectivity index (χ2n) is 3.16. The molecule has 2 rings (SSSR count). The van der Waals surface area contributed by atoms with Crippen LogP contribution in [0.2, 0.25) is 0 Å². The molecule has 2 heterocycles. The molecule has 0 fully saturated rings. The van der Waals surface area contributed by atoms with E-state index in [4.69, 9.17) is 0 Å². The summed E-state index contributed by atoms with van der Waals surface area (Å²) in [4.78, 5) is 1.43. The van der Waals surface area contributed by atoms with Crippen molar-refractivity contribution in [3.63, 3.8) is 0 Å². The van der Waals surface area contributed by atoms with Gasteiger partial charge < -0.3 is 5.32 Å². The van der Waals surface area contributed by atoms with Crippen molar-refractivity contribution < 1.29 is 0 Å². The molecule has 0 spiro atoms. The third kappa shape index (κ3) is 1.45. The van der Waals surface area contributed by atoms with Gasteiger partial charge in [0, 0.05) is 11.4 Å². The first-order valence-electron chi connectivity index (χ1n) is 4.31. The molecule has 1 aliphatic rings. The Bertz CT molecular complexity index is 285. The lowest BCUT2D eigenvalue weighted by Crippen LogP contribution is -2.23. The first-order valence-corrected chi connectivity index (χ1v) is 5.19. The Balaban J connectivity index is 2.33. The molecule has 0 atom stereocenters. The highest BCUT2D eigenvalue weighted by Crippen LogP contribution is 2.25. The van der Waals surface area contributed by atoms with Crippen LogP contribution in [0.5, 0.6) is 0 Å². The molecule has 1 N–H and O–H groups in total. The molecular formula is C10H13NS. The van der Waals surface area contributed by atoms with Gasteiger partial charge in [-0.2, -0.15) is 0 Å². The maximum atomic E-state index is 3.40. The van der Waals surface area contributed by atoms with Crippen LogP contribution in [-0.2, 0) is 0 Å². The van der Waals surface area contributed by atoms with Gasteiger partial charge in [0.15, 0.2) is 0 Å². The largest absolute Gasteiger partial charge is 0.312 e. The van der Waals surface area contributed by atoms with E-state index in [1.54, 1.807) is 5.57 Å². The molecule has 0 aromatic carbocycles. The number of nitrogens with one attached hydrogen (secondary N) is 1. The zero-order valence-electron chi connectivity index (χ0n) is 7.26. The predicted molar refractivity (Wildman–Crippen MR) is 54.4 cm³/mol. The maximum Gasteiger partial charge on any atom is 0.0314 e. The van der Waals surface area contributed by atoms with Gasteiger partial charge in [0.05, 0.1) is 0 Å². The number of hydrogen-bond donors (Lipinski definition) is 1. The fourth-order valence-electron chi connectivity index (χ4n) is 1.54. The summed E-state index contributed by atoms with van der Waals surface area (Å²) in [6.45, 7) is 4.43. The summed E-state index contributed by atoms with van der Waals surface area (Å²) < 4.78 is 0. The van der Waals surface area contributed by atoms with Gasteiger partial charge in [-0.25, -0.2) is 0 Å². The summed E-state index contributed by atoms with van der Waals surface area (Å²) in [5, 5.41) is 5.55. The second-order valence-corrected chi connectivity index (χ2v) is 4.11. The van der Waals surface area contributed by atoms with Crippen LogP contribution in [-0.4, -0.2) is 13.1 Å². The summed E-state index contributed by atoms with van der Waals surface area (Å²) in [6.07, 6.45) is 1.20. The van der Waals surface area contributed by atoms with Gasteiger partial charge in [-0.15, -0.1) is 11.3 Å². The Morgan fingerprint density at radius 1 is 1.50 bits per heavy atom. The minimum atomic E-state index is 1.05. The van der Waals surface area contributed by atoms with Crippen molar-refractivity contribution in [1.29, 1.82) is 0 Å². The van der Waals surface area contributed by atoms with E-state index in [0.29, 0.717) is 0 Å². The van der Waals surface area contributed by atoms with Crippen LogP contribution >= 0.6 is 11.3 Å². The van der Waals surface area contributed by atoms with E-state index in [1.807, 2.05) is 11.3 Å². The van der Waals surface area contributed by atoms with Gasteiger partial charge in [0.1, 0.15) is 0 Å². The van der Waals surface area contributed by atoms with Crippen LogP contribution in [0, 0.1) is 0 Å². The smallest absolute Gasteiger partial charge is 0.0314 e. The van der Waals surface area contributed by atoms with Crippen molar-refractivity contribution in [2.75, 3.05) is 13.1 Å². The Labute approximate surface area is 77.1 Å². The molecular weight excluding hydrogens is 166 g/mol. The average Bonchev–Trinajstić information content (AvgIpc) is 2.57. The zero-order valence-corrected chi connectivity index (χ0v) is 8.08. The molecule has 1 nitrogen and oxygen atoms in total. The minimum absolute atomic E-state index is 1.05. The van der Waals surface area contributed by atoms with Crippen LogP contribution in [0.4, 0.5) is 0 Å². The van der Waals surface area contributed by atoms with E-state index in [-0.39, 0.29) is 0 Å². The lowest BCUT2D eigenvalue weighted by atomic mass is 10.0. The third-order valence-corrected chi connectivity index (χ3v) is 3.24. The van der Waals surface area contributed by atoms with E-state index < -0.39 is 0 Å². The molecule has 0 saturated carbocycles. The molecule has 0 aliphatic carbocycles. The highest BCUT2D eigenvalue weighted by atomic mass is 32.1. The maximum absolute atomic E-state index is 3.40. The average molecular weight is 179 g/mol. The summed E-state index contributed by atoms with van der Waals surface area (Å²) in [5.41, 5.74) is 3.06. The van der Waals surface area contributed by atoms with E-state index in [9.17, 15) is 0 Å². The van der Waals surface area contributed by atoms with Crippen LogP contribution in [0.15, 0.2) is 23.1 Å². The lowest BCUT2D eigenvalue weighted by molar-refractivity contribution is 0.716. The van der Waals surface area contributed by atoms with Crippen LogP contribution in [0.25, 0.3) is 5.57 Å². The quantitative estimate of drug-likeness (QED) is 0.698. The van der Waals surface area contributed by atoms with E-state index in [0.717, 1.165) is 13.1 Å². The monoisotopic (exact) mass is 179 g/mol. The fraction of sp³-hybridized carbons (Fsp3) is 0.400. The van der Waals surface area contributed by atoms with Crippen LogP contribution in [0.1, 0.15) is 18.2 Å². The normalized spacial score (nSPS) is 18.4. The van der Waals surface area contributed by atoms with Gasteiger partial charge in [-0.3, -0.25) is 0 Å². The van der Waals surface area contributed by atoms with Crippen molar-refractivity contribution >= 4 is 16.9 Å². The zero-order chi connectivity index (χ0) is 8.39. The molecule has 1 aromatic heterocycles. The minimum Gasteiger partial charge on any atom is -0.312 e. The molecule has 1 aromatic rings. The number of hydrogen-bond acceptors (Lipinski definition) is 2. The third-order valence-electron chi connectivity index (χ3n) is 2.31. The SMILES string of the molecule is CC1=C(c2cccs2)CNCC1. The van der Waals surface area contributed by atoms with Gasteiger partial charge >= 0.3 is 0 Å². The first kappa shape index (κ1) is 8.02. The Morgan fingerprint density at radius 2 is 2.42 bits per heavy atom. The summed E-state index contributed by atoms with van der Waals surface area (Å²) >= 11 is 1.84. The molecule has 0 bridgehead atoms. The first-order chi connectivity index (χ1) is 5.88. The topological polar surface area (TPSA) is 12.0 Å². The standard InChI is InChI=1S/C10H13NS/c1-8-4-5-11-7-9(8)10-3-2-6-12-10/h2-3,6,11H,4-5,7H2,1H3. The van der Waals surface area contributed by atoms with Crippen LogP contribution in [0.3, 0.4) is 0 Å². The van der Waals surface area contributed by atoms with E-state index in [2.05, 4.69) is 29.8 Å². The Morgan fingerprint density at radius 3 is 3.08 bits per heavy atom. The van der Waals surface area contributed by atoms with Crippen molar-refractivity contribution in [3.8, 4) is 0 Å². The Hall–Kier alpha value is -0.600. The molecule has 0 amide bonds. The summed E-state index contributed by atoms with van der Waals surface area (Å²) in [6, 6.07) is 4.32. The van der Waals surface area contributed by atoms with Crippen LogP contribution < -0.4 is 5.32 Å². The summed E-state index contributed by atoms with van der Waals surface area (Å²) in [7, 11) is 0. The van der Waals surface area contributed by atoms with E-state index >= 15 is 0 Å². The summed E-state index contributed by atoms with van der Waals surface area (Å²) in [5.74, 6) is 0. The van der Waals surface area contributed by atoms with Gasteiger partial charge in [-0.05, 0) is 36.9 Å². The highest BCUT2D eigenvalue weighted by molar-refractivity contribution is 7.11. The molecule has 0 unspecified atom stereocenters. The van der Waals surface area contributed by atoms with Gasteiger partial charge in [0.25, 0.3) is 0 Å². The van der Waals surface area contributed by atoms with Crippen molar-refractivity contribution in [3.05, 3.63) is 28.0 Å². The molecule has 0 saturated heterocycles. The van der Waals surface area contributed by atoms with Gasteiger partial charge in [0.2, 0.25) is 0 Å². The Kier molecular flexibility index (Phi) is 2.28. The lowest BCUT2D eigenvalue weighted by Gasteiger charge is -2.17. The molecule has 12 heavy (non-hydrogen) atoms. The number of rotatable bonds is 1. The fourth-order valence-corrected chi connectivity index (χ4v) is 2.39. The second kappa shape index (κ2) is 3.42. The van der Waals surface area contributed by atoms with Gasteiger partial charge in [-0.1, -0.05) is 11.6 Å². The highest BCUT2D eigenvalue weighted by Gasteiger charge is 2.10. The van der Waals surface area contributed by atoms with Crippen molar-refractivity contribution in [2.24, 2.45) is 0 Å². The molecule has 64 valence electrons. The number of thiophene rings is 1. The molecule has 1 aliphatic heterocycles. The van der Waals surface area contributed by atoms with E-state index in [1.165, 1.54) is 16.9 Å².